The number of nitrogens with one attached hydrogen (secondary N) is 2. The van der Waals surface area contributed by atoms with Crippen molar-refractivity contribution in [3.63, 3.8) is 0 Å². The van der Waals surface area contributed by atoms with Gasteiger partial charge in [-0.15, -0.1) is 0 Å². The van der Waals surface area contributed by atoms with Gasteiger partial charge in [0.25, 0.3) is 0 Å². The lowest BCUT2D eigenvalue weighted by Crippen LogP contribution is -2.20. The van der Waals surface area contributed by atoms with Gasteiger partial charge in [0.05, 0.1) is 0 Å². The second-order valence-corrected chi connectivity index (χ2v) is 5.22. The van der Waals surface area contributed by atoms with Crippen molar-refractivity contribution in [1.82, 2.24) is 10.6 Å². The summed E-state index contributed by atoms with van der Waals surface area (Å²) < 4.78 is 19.5. The van der Waals surface area contributed by atoms with E-state index in [1.54, 1.807) is 6.07 Å². The maximum Gasteiger partial charge on any atom is 0.142 e. The van der Waals surface area contributed by atoms with E-state index in [9.17, 15) is 4.39 Å². The molecule has 0 saturated carbocycles. The highest BCUT2D eigenvalue weighted by Gasteiger charge is 2.20. The van der Waals surface area contributed by atoms with Crippen LogP contribution in [0.25, 0.3) is 22.1 Å². The molecule has 3 aromatic rings. The van der Waals surface area contributed by atoms with Crippen LogP contribution in [0.3, 0.4) is 0 Å². The SMILES string of the molecule is Fc1cccc(-c2cccc3cc(C4NCCN4)oc23)c1. The van der Waals surface area contributed by atoms with Gasteiger partial charge >= 0.3 is 0 Å². The molecule has 1 aromatic heterocycles. The van der Waals surface area contributed by atoms with Gasteiger partial charge in [0.15, 0.2) is 0 Å². The number of para-hydroxylation sites is 1. The van der Waals surface area contributed by atoms with Gasteiger partial charge in [-0.2, -0.15) is 0 Å². The third kappa shape index (κ3) is 2.22. The quantitative estimate of drug-likeness (QED) is 0.756. The Morgan fingerprint density at radius 3 is 2.62 bits per heavy atom. The molecule has 1 aliphatic rings. The smallest absolute Gasteiger partial charge is 0.142 e. The molecule has 3 nitrogen and oxygen atoms in total. The first-order valence-corrected chi connectivity index (χ1v) is 7.06. The fraction of sp³-hybridized carbons (Fsp3) is 0.176. The Hall–Kier alpha value is -2.17. The van der Waals surface area contributed by atoms with Crippen molar-refractivity contribution in [1.29, 1.82) is 0 Å². The fourth-order valence-corrected chi connectivity index (χ4v) is 2.81. The summed E-state index contributed by atoms with van der Waals surface area (Å²) in [7, 11) is 0. The Labute approximate surface area is 121 Å². The van der Waals surface area contributed by atoms with Crippen LogP contribution in [-0.4, -0.2) is 13.1 Å². The lowest BCUT2D eigenvalue weighted by molar-refractivity contribution is 0.446. The van der Waals surface area contributed by atoms with Gasteiger partial charge in [0.1, 0.15) is 23.3 Å². The summed E-state index contributed by atoms with van der Waals surface area (Å²) in [6.07, 6.45) is 0.0535. The monoisotopic (exact) mass is 282 g/mol. The minimum Gasteiger partial charge on any atom is -0.457 e. The first kappa shape index (κ1) is 12.6. The average molecular weight is 282 g/mol. The number of rotatable bonds is 2. The normalized spacial score (nSPS) is 15.9. The standard InChI is InChI=1S/C17H15FN2O/c18-13-5-1-3-11(9-13)14-6-2-4-12-10-15(21-16(12)14)17-19-7-8-20-17/h1-6,9-10,17,19-20H,7-8H2. The van der Waals surface area contributed by atoms with Crippen LogP contribution in [-0.2, 0) is 0 Å². The summed E-state index contributed by atoms with van der Waals surface area (Å²) >= 11 is 0. The Balaban J connectivity index is 1.85. The third-order valence-corrected chi connectivity index (χ3v) is 3.81. The van der Waals surface area contributed by atoms with Crippen molar-refractivity contribution < 1.29 is 8.81 Å². The molecule has 1 saturated heterocycles. The highest BCUT2D eigenvalue weighted by atomic mass is 19.1. The maximum absolute atomic E-state index is 13.5. The molecule has 2 N–H and O–H groups in total. The molecule has 0 bridgehead atoms. The van der Waals surface area contributed by atoms with Crippen molar-refractivity contribution in [2.45, 2.75) is 6.17 Å². The van der Waals surface area contributed by atoms with Crippen LogP contribution in [0.5, 0.6) is 0 Å². The van der Waals surface area contributed by atoms with E-state index in [1.165, 1.54) is 12.1 Å². The molecule has 106 valence electrons. The second-order valence-electron chi connectivity index (χ2n) is 5.22. The van der Waals surface area contributed by atoms with E-state index in [1.807, 2.05) is 30.3 Å². The van der Waals surface area contributed by atoms with Crippen LogP contribution in [0.15, 0.2) is 52.9 Å². The van der Waals surface area contributed by atoms with Crippen LogP contribution in [0.4, 0.5) is 4.39 Å². The molecule has 4 rings (SSSR count). The zero-order chi connectivity index (χ0) is 14.2. The molecular formula is C17H15FN2O. The van der Waals surface area contributed by atoms with E-state index in [0.717, 1.165) is 40.9 Å². The predicted octanol–water partition coefficient (Wildman–Crippen LogP) is 3.43. The number of halogens is 1. The molecule has 0 amide bonds. The minimum absolute atomic E-state index is 0.0535. The molecule has 0 radical (unpaired) electrons. The fourth-order valence-electron chi connectivity index (χ4n) is 2.81. The Morgan fingerprint density at radius 2 is 1.81 bits per heavy atom. The summed E-state index contributed by atoms with van der Waals surface area (Å²) in [6, 6.07) is 14.6. The van der Waals surface area contributed by atoms with E-state index < -0.39 is 0 Å². The van der Waals surface area contributed by atoms with Gasteiger partial charge < -0.3 is 4.42 Å². The first-order chi connectivity index (χ1) is 10.3. The Bertz CT molecular complexity index is 790. The number of benzene rings is 2. The van der Waals surface area contributed by atoms with Gasteiger partial charge in [-0.25, -0.2) is 4.39 Å². The second kappa shape index (κ2) is 4.98. The Kier molecular flexibility index (Phi) is 2.98. The van der Waals surface area contributed by atoms with Crippen LogP contribution >= 0.6 is 0 Å². The molecular weight excluding hydrogens is 267 g/mol. The zero-order valence-electron chi connectivity index (χ0n) is 11.4. The predicted molar refractivity (Wildman–Crippen MR) is 80.4 cm³/mol. The molecule has 1 fully saturated rings. The third-order valence-electron chi connectivity index (χ3n) is 3.81. The van der Waals surface area contributed by atoms with Gasteiger partial charge in [0, 0.05) is 24.0 Å². The van der Waals surface area contributed by atoms with Crippen molar-refractivity contribution in [3.8, 4) is 11.1 Å². The highest BCUT2D eigenvalue weighted by Crippen LogP contribution is 2.32. The van der Waals surface area contributed by atoms with Crippen LogP contribution in [0, 0.1) is 5.82 Å². The summed E-state index contributed by atoms with van der Waals surface area (Å²) in [4.78, 5) is 0. The summed E-state index contributed by atoms with van der Waals surface area (Å²) in [5.74, 6) is 0.627. The minimum atomic E-state index is -0.240. The van der Waals surface area contributed by atoms with Gasteiger partial charge in [-0.1, -0.05) is 30.3 Å². The highest BCUT2D eigenvalue weighted by molar-refractivity contribution is 5.92. The van der Waals surface area contributed by atoms with Crippen molar-refractivity contribution in [2.24, 2.45) is 0 Å². The average Bonchev–Trinajstić information content (AvgIpc) is 3.15. The zero-order valence-corrected chi connectivity index (χ0v) is 11.4. The molecule has 0 spiro atoms. The molecule has 4 heteroatoms. The lowest BCUT2D eigenvalue weighted by Gasteiger charge is -2.06. The van der Waals surface area contributed by atoms with E-state index >= 15 is 0 Å². The van der Waals surface area contributed by atoms with Gasteiger partial charge in [-0.3, -0.25) is 10.6 Å². The summed E-state index contributed by atoms with van der Waals surface area (Å²) in [5, 5.41) is 7.70. The van der Waals surface area contributed by atoms with Crippen LogP contribution < -0.4 is 10.6 Å². The van der Waals surface area contributed by atoms with E-state index in [4.69, 9.17) is 4.42 Å². The Morgan fingerprint density at radius 1 is 1.00 bits per heavy atom. The summed E-state index contributed by atoms with van der Waals surface area (Å²) in [6.45, 7) is 1.86. The van der Waals surface area contributed by atoms with Crippen molar-refractivity contribution in [2.75, 3.05) is 13.1 Å². The van der Waals surface area contributed by atoms with Gasteiger partial charge in [0.2, 0.25) is 0 Å². The number of hydrogen-bond donors (Lipinski definition) is 2. The largest absolute Gasteiger partial charge is 0.457 e. The lowest BCUT2D eigenvalue weighted by atomic mass is 10.0. The molecule has 0 aliphatic carbocycles. The van der Waals surface area contributed by atoms with Gasteiger partial charge in [-0.05, 0) is 23.8 Å². The molecule has 1 aliphatic heterocycles. The van der Waals surface area contributed by atoms with Crippen LogP contribution in [0.1, 0.15) is 11.9 Å². The molecule has 0 unspecified atom stereocenters. The molecule has 2 aromatic carbocycles. The number of furan rings is 1. The van der Waals surface area contributed by atoms with E-state index in [-0.39, 0.29) is 12.0 Å². The van der Waals surface area contributed by atoms with E-state index in [0.29, 0.717) is 0 Å². The molecule has 2 heterocycles. The molecule has 21 heavy (non-hydrogen) atoms. The van der Waals surface area contributed by atoms with Crippen molar-refractivity contribution in [3.05, 3.63) is 60.1 Å². The maximum atomic E-state index is 13.5. The molecule has 0 atom stereocenters. The number of fused-ring (bicyclic) bond motifs is 1. The summed E-state index contributed by atoms with van der Waals surface area (Å²) in [5.41, 5.74) is 2.54. The number of hydrogen-bond acceptors (Lipinski definition) is 3. The first-order valence-electron chi connectivity index (χ1n) is 7.06. The van der Waals surface area contributed by atoms with Crippen molar-refractivity contribution >= 4 is 11.0 Å². The topological polar surface area (TPSA) is 37.2 Å². The van der Waals surface area contributed by atoms with Crippen LogP contribution in [0.2, 0.25) is 0 Å². The van der Waals surface area contributed by atoms with E-state index in [2.05, 4.69) is 10.6 Å².